The van der Waals surface area contributed by atoms with Crippen molar-refractivity contribution in [3.05, 3.63) is 113 Å². The Hall–Kier alpha value is -3.45. The fraction of sp³-hybridized carbons (Fsp3) is 0.167. The van der Waals surface area contributed by atoms with E-state index < -0.39 is 19.6 Å². The van der Waals surface area contributed by atoms with Crippen LogP contribution in [0.4, 0.5) is 5.69 Å². The number of phenolic OH excluding ortho intramolecular Hbond substituents is 1. The van der Waals surface area contributed by atoms with E-state index in [1.54, 1.807) is 47.4 Å². The second-order valence-corrected chi connectivity index (χ2v) is 11.6. The Kier molecular flexibility index (Phi) is 7.63. The predicted octanol–water partition coefficient (Wildman–Crippen LogP) is 5.73. The van der Waals surface area contributed by atoms with Crippen molar-refractivity contribution in [2.45, 2.75) is 25.0 Å². The van der Waals surface area contributed by atoms with Crippen molar-refractivity contribution in [2.24, 2.45) is 5.92 Å². The molecule has 0 spiro atoms. The highest BCUT2D eigenvalue weighted by atomic mass is 35.5. The Balaban J connectivity index is 1.42. The van der Waals surface area contributed by atoms with Gasteiger partial charge in [0.2, 0.25) is 5.91 Å². The fourth-order valence-electron chi connectivity index (χ4n) is 5.14. The van der Waals surface area contributed by atoms with Gasteiger partial charge in [-0.05, 0) is 65.9 Å². The SMILES string of the molecule is O=C1[C@H](CC[C@H](O)c2ccccc2Cl)[C@@H](c2ccc(-c3ccc(P(=O)(O)O)cc3)c(O)c2)N1c1ccccc1. The van der Waals surface area contributed by atoms with E-state index in [1.165, 1.54) is 12.1 Å². The molecule has 0 saturated carbocycles. The Morgan fingerprint density at radius 2 is 1.56 bits per heavy atom. The van der Waals surface area contributed by atoms with E-state index in [4.69, 9.17) is 11.6 Å². The van der Waals surface area contributed by atoms with Gasteiger partial charge >= 0.3 is 7.60 Å². The number of phenols is 1. The molecule has 0 unspecified atom stereocenters. The minimum Gasteiger partial charge on any atom is -0.507 e. The fourth-order valence-corrected chi connectivity index (χ4v) is 5.94. The number of hydrogen-bond acceptors (Lipinski definition) is 4. The van der Waals surface area contributed by atoms with Gasteiger partial charge in [-0.3, -0.25) is 9.36 Å². The molecule has 1 amide bonds. The lowest BCUT2D eigenvalue weighted by Crippen LogP contribution is -2.55. The number of halogens is 1. The number of aliphatic hydroxyl groups excluding tert-OH is 1. The van der Waals surface area contributed by atoms with Crippen molar-refractivity contribution < 1.29 is 29.4 Å². The summed E-state index contributed by atoms with van der Waals surface area (Å²) in [7, 11) is -4.37. The number of benzene rings is 4. The number of hydrogen-bond donors (Lipinski definition) is 4. The van der Waals surface area contributed by atoms with Crippen LogP contribution in [0.15, 0.2) is 97.1 Å². The normalized spacial score (nSPS) is 18.1. The maximum Gasteiger partial charge on any atom is 0.356 e. The maximum atomic E-state index is 13.3. The molecule has 1 aliphatic rings. The number of anilines is 1. The molecule has 1 aliphatic heterocycles. The summed E-state index contributed by atoms with van der Waals surface area (Å²) in [6.45, 7) is 0. The van der Waals surface area contributed by atoms with E-state index in [2.05, 4.69) is 0 Å². The summed E-state index contributed by atoms with van der Waals surface area (Å²) in [5.74, 6) is -0.483. The quantitative estimate of drug-likeness (QED) is 0.160. The first kappa shape index (κ1) is 27.1. The van der Waals surface area contributed by atoms with Crippen LogP contribution in [0.25, 0.3) is 11.1 Å². The average molecular weight is 564 g/mol. The zero-order valence-corrected chi connectivity index (χ0v) is 22.4. The molecule has 200 valence electrons. The average Bonchev–Trinajstić information content (AvgIpc) is 2.92. The van der Waals surface area contributed by atoms with Crippen molar-refractivity contribution in [3.8, 4) is 16.9 Å². The smallest absolute Gasteiger partial charge is 0.356 e. The number of amides is 1. The Morgan fingerprint density at radius 1 is 0.897 bits per heavy atom. The first-order valence-corrected chi connectivity index (χ1v) is 14.4. The highest BCUT2D eigenvalue weighted by Crippen LogP contribution is 2.48. The molecule has 0 aromatic heterocycles. The van der Waals surface area contributed by atoms with Gasteiger partial charge in [-0.1, -0.05) is 72.3 Å². The van der Waals surface area contributed by atoms with Crippen molar-refractivity contribution in [2.75, 3.05) is 4.90 Å². The molecule has 4 aromatic rings. The first-order valence-electron chi connectivity index (χ1n) is 12.4. The van der Waals surface area contributed by atoms with Crippen LogP contribution >= 0.6 is 19.2 Å². The minimum absolute atomic E-state index is 0.0151. The summed E-state index contributed by atoms with van der Waals surface area (Å²) in [5.41, 5.74) is 3.20. The third-order valence-electron chi connectivity index (χ3n) is 7.14. The molecule has 4 aromatic carbocycles. The Labute approximate surface area is 231 Å². The zero-order valence-electron chi connectivity index (χ0n) is 20.8. The van der Waals surface area contributed by atoms with Crippen LogP contribution < -0.4 is 10.2 Å². The first-order chi connectivity index (χ1) is 18.6. The number of carbonyl (C=O) groups excluding carboxylic acids is 1. The van der Waals surface area contributed by atoms with Gasteiger partial charge < -0.3 is 24.9 Å². The molecule has 5 rings (SSSR count). The van der Waals surface area contributed by atoms with Crippen molar-refractivity contribution >= 4 is 36.1 Å². The number of carbonyl (C=O) groups is 1. The van der Waals surface area contributed by atoms with Crippen LogP contribution in [-0.4, -0.2) is 25.9 Å². The Bertz CT molecular complexity index is 1540. The molecule has 1 heterocycles. The molecule has 3 atom stereocenters. The molecule has 0 bridgehead atoms. The monoisotopic (exact) mass is 563 g/mol. The van der Waals surface area contributed by atoms with E-state index in [1.807, 2.05) is 42.5 Å². The molecule has 9 heteroatoms. The molecule has 0 radical (unpaired) electrons. The second kappa shape index (κ2) is 11.0. The third-order valence-corrected chi connectivity index (χ3v) is 8.46. The number of para-hydroxylation sites is 1. The van der Waals surface area contributed by atoms with Gasteiger partial charge in [0.05, 0.1) is 23.4 Å². The number of aliphatic hydroxyl groups is 1. The number of aromatic hydroxyl groups is 1. The predicted molar refractivity (Wildman–Crippen MR) is 151 cm³/mol. The molecule has 7 nitrogen and oxygen atoms in total. The van der Waals surface area contributed by atoms with Gasteiger partial charge in [-0.15, -0.1) is 0 Å². The Morgan fingerprint density at radius 3 is 2.21 bits per heavy atom. The molecule has 0 aliphatic carbocycles. The summed E-state index contributed by atoms with van der Waals surface area (Å²) in [6.07, 6.45) is -0.0503. The maximum absolute atomic E-state index is 13.3. The van der Waals surface area contributed by atoms with Gasteiger partial charge in [0.1, 0.15) is 5.75 Å². The van der Waals surface area contributed by atoms with Crippen molar-refractivity contribution in [3.63, 3.8) is 0 Å². The van der Waals surface area contributed by atoms with Gasteiger partial charge in [0.25, 0.3) is 0 Å². The van der Waals surface area contributed by atoms with Crippen LogP contribution in [0, 0.1) is 5.92 Å². The second-order valence-electron chi connectivity index (χ2n) is 9.58. The van der Waals surface area contributed by atoms with E-state index in [-0.39, 0.29) is 23.0 Å². The summed E-state index contributed by atoms with van der Waals surface area (Å²) >= 11 is 6.25. The largest absolute Gasteiger partial charge is 0.507 e. The van der Waals surface area contributed by atoms with Gasteiger partial charge in [0, 0.05) is 16.3 Å². The van der Waals surface area contributed by atoms with Gasteiger partial charge in [-0.25, -0.2) is 0 Å². The lowest BCUT2D eigenvalue weighted by Gasteiger charge is -2.48. The summed E-state index contributed by atoms with van der Waals surface area (Å²) < 4.78 is 11.5. The van der Waals surface area contributed by atoms with Gasteiger partial charge in [0.15, 0.2) is 0 Å². The molecular formula is C30H27ClNO6P. The lowest BCUT2D eigenvalue weighted by molar-refractivity contribution is -0.131. The molecule has 1 saturated heterocycles. The lowest BCUT2D eigenvalue weighted by atomic mass is 9.78. The highest BCUT2D eigenvalue weighted by Gasteiger charge is 2.48. The third kappa shape index (κ3) is 5.50. The number of rotatable bonds is 8. The van der Waals surface area contributed by atoms with E-state index in [0.717, 1.165) is 11.3 Å². The number of nitrogens with zero attached hydrogens (tertiary/aromatic N) is 1. The van der Waals surface area contributed by atoms with Crippen molar-refractivity contribution in [1.82, 2.24) is 0 Å². The molecular weight excluding hydrogens is 537 g/mol. The zero-order chi connectivity index (χ0) is 27.7. The van der Waals surface area contributed by atoms with Crippen LogP contribution in [0.5, 0.6) is 5.75 Å². The summed E-state index contributed by atoms with van der Waals surface area (Å²) in [4.78, 5) is 33.8. The highest BCUT2D eigenvalue weighted by molar-refractivity contribution is 7.60. The van der Waals surface area contributed by atoms with Crippen LogP contribution in [0.1, 0.15) is 36.1 Å². The molecule has 4 N–H and O–H groups in total. The van der Waals surface area contributed by atoms with E-state index in [9.17, 15) is 29.4 Å². The van der Waals surface area contributed by atoms with Crippen molar-refractivity contribution in [1.29, 1.82) is 0 Å². The van der Waals surface area contributed by atoms with E-state index in [0.29, 0.717) is 34.6 Å². The minimum atomic E-state index is -4.37. The van der Waals surface area contributed by atoms with Crippen LogP contribution in [0.3, 0.4) is 0 Å². The van der Waals surface area contributed by atoms with Crippen LogP contribution in [-0.2, 0) is 9.36 Å². The standard InChI is InChI=1S/C30H27ClNO6P/c31-26-9-5-4-8-24(26)27(33)17-16-25-29(32(30(25)35)21-6-2-1-3-7-21)20-12-15-23(28(34)18-20)19-10-13-22(14-11-19)39(36,37)38/h1-15,18,25,27,29,33-34H,16-17H2,(H2,36,37,38)/t25-,27+,29-/m1/s1. The topological polar surface area (TPSA) is 118 Å². The molecule has 1 fully saturated rings. The molecule has 39 heavy (non-hydrogen) atoms. The number of β-lactam (4-membered cyclic amide) rings is 1. The summed E-state index contributed by atoms with van der Waals surface area (Å²) in [6, 6.07) is 27.0. The van der Waals surface area contributed by atoms with Gasteiger partial charge in [-0.2, -0.15) is 0 Å². The summed E-state index contributed by atoms with van der Waals surface area (Å²) in [5, 5.41) is 22.1. The van der Waals surface area contributed by atoms with Crippen LogP contribution in [0.2, 0.25) is 5.02 Å². The van der Waals surface area contributed by atoms with E-state index >= 15 is 0 Å².